The van der Waals surface area contributed by atoms with Crippen LogP contribution in [0, 0.1) is 5.82 Å². The molecular weight excluding hydrogens is 217 g/mol. The SMILES string of the molecule is Cn1c(C2CCC(N)C2)nc2c(F)cccc21. The van der Waals surface area contributed by atoms with Gasteiger partial charge >= 0.3 is 0 Å². The molecule has 0 aliphatic heterocycles. The van der Waals surface area contributed by atoms with Crippen LogP contribution in [-0.2, 0) is 7.05 Å². The van der Waals surface area contributed by atoms with E-state index in [1.165, 1.54) is 6.07 Å². The maximum Gasteiger partial charge on any atom is 0.151 e. The molecule has 1 aliphatic rings. The Hall–Kier alpha value is -1.42. The van der Waals surface area contributed by atoms with Gasteiger partial charge in [0.15, 0.2) is 5.82 Å². The molecule has 2 atom stereocenters. The molecule has 1 heterocycles. The van der Waals surface area contributed by atoms with E-state index in [0.717, 1.165) is 30.6 Å². The molecular formula is C13H16FN3. The summed E-state index contributed by atoms with van der Waals surface area (Å²) in [4.78, 5) is 4.46. The van der Waals surface area contributed by atoms with Crippen LogP contribution in [0.25, 0.3) is 11.0 Å². The normalized spacial score (nSPS) is 24.6. The number of imidazole rings is 1. The predicted octanol–water partition coefficient (Wildman–Crippen LogP) is 2.31. The first kappa shape index (κ1) is 10.7. The zero-order valence-electron chi connectivity index (χ0n) is 9.86. The maximum absolute atomic E-state index is 13.6. The van der Waals surface area contributed by atoms with Gasteiger partial charge in [0.25, 0.3) is 0 Å². The molecule has 1 fully saturated rings. The second-order valence-corrected chi connectivity index (χ2v) is 4.91. The molecule has 4 heteroatoms. The maximum atomic E-state index is 13.6. The number of halogens is 1. The molecule has 0 spiro atoms. The highest BCUT2D eigenvalue weighted by Crippen LogP contribution is 2.34. The summed E-state index contributed by atoms with van der Waals surface area (Å²) >= 11 is 0. The molecule has 2 aromatic rings. The van der Waals surface area contributed by atoms with Crippen molar-refractivity contribution in [2.24, 2.45) is 12.8 Å². The molecule has 1 aliphatic carbocycles. The standard InChI is InChI=1S/C13H16FN3/c1-17-11-4-2-3-10(14)12(11)16-13(17)8-5-6-9(15)7-8/h2-4,8-9H,5-7,15H2,1H3. The van der Waals surface area contributed by atoms with Gasteiger partial charge in [-0.1, -0.05) is 6.07 Å². The zero-order valence-corrected chi connectivity index (χ0v) is 9.86. The molecule has 1 saturated carbocycles. The number of rotatable bonds is 1. The van der Waals surface area contributed by atoms with Crippen LogP contribution in [-0.4, -0.2) is 15.6 Å². The van der Waals surface area contributed by atoms with Crippen LogP contribution in [0.5, 0.6) is 0 Å². The van der Waals surface area contributed by atoms with Gasteiger partial charge in [0.05, 0.1) is 5.52 Å². The minimum absolute atomic E-state index is 0.244. The number of para-hydroxylation sites is 1. The van der Waals surface area contributed by atoms with Gasteiger partial charge in [-0.2, -0.15) is 0 Å². The first-order chi connectivity index (χ1) is 8.16. The van der Waals surface area contributed by atoms with Gasteiger partial charge < -0.3 is 10.3 Å². The number of aryl methyl sites for hydroxylation is 1. The highest BCUT2D eigenvalue weighted by molar-refractivity contribution is 5.76. The second kappa shape index (κ2) is 3.81. The first-order valence-corrected chi connectivity index (χ1v) is 6.03. The third-order valence-electron chi connectivity index (χ3n) is 3.74. The summed E-state index contributed by atoms with van der Waals surface area (Å²) in [6.07, 6.45) is 3.05. The van der Waals surface area contributed by atoms with Crippen molar-refractivity contribution in [2.75, 3.05) is 0 Å². The smallest absolute Gasteiger partial charge is 0.151 e. The Morgan fingerprint density at radius 2 is 2.24 bits per heavy atom. The van der Waals surface area contributed by atoms with E-state index in [1.54, 1.807) is 6.07 Å². The molecule has 1 aromatic carbocycles. The van der Waals surface area contributed by atoms with E-state index >= 15 is 0 Å². The van der Waals surface area contributed by atoms with E-state index in [-0.39, 0.29) is 11.9 Å². The van der Waals surface area contributed by atoms with Gasteiger partial charge in [-0.25, -0.2) is 9.37 Å². The monoisotopic (exact) mass is 233 g/mol. The van der Waals surface area contributed by atoms with Crippen molar-refractivity contribution in [3.05, 3.63) is 29.8 Å². The summed E-state index contributed by atoms with van der Waals surface area (Å²) < 4.78 is 15.6. The number of aromatic nitrogens is 2. The highest BCUT2D eigenvalue weighted by atomic mass is 19.1. The van der Waals surface area contributed by atoms with Gasteiger partial charge in [-0.15, -0.1) is 0 Å². The number of nitrogens with zero attached hydrogens (tertiary/aromatic N) is 2. The van der Waals surface area contributed by atoms with Crippen molar-refractivity contribution in [3.8, 4) is 0 Å². The van der Waals surface area contributed by atoms with E-state index in [2.05, 4.69) is 4.98 Å². The Labute approximate surface area is 99.4 Å². The predicted molar refractivity (Wildman–Crippen MR) is 65.2 cm³/mol. The van der Waals surface area contributed by atoms with Crippen molar-refractivity contribution in [1.82, 2.24) is 9.55 Å². The minimum Gasteiger partial charge on any atom is -0.331 e. The molecule has 3 rings (SSSR count). The van der Waals surface area contributed by atoms with E-state index in [0.29, 0.717) is 11.4 Å². The van der Waals surface area contributed by atoms with Crippen LogP contribution in [0.15, 0.2) is 18.2 Å². The molecule has 3 nitrogen and oxygen atoms in total. The fraction of sp³-hybridized carbons (Fsp3) is 0.462. The summed E-state index contributed by atoms with van der Waals surface area (Å²) in [5.74, 6) is 1.10. The first-order valence-electron chi connectivity index (χ1n) is 6.03. The Morgan fingerprint density at radius 3 is 2.88 bits per heavy atom. The largest absolute Gasteiger partial charge is 0.331 e. The average molecular weight is 233 g/mol. The van der Waals surface area contributed by atoms with Crippen molar-refractivity contribution in [2.45, 2.75) is 31.2 Å². The average Bonchev–Trinajstić information content (AvgIpc) is 2.85. The molecule has 17 heavy (non-hydrogen) atoms. The van der Waals surface area contributed by atoms with Gasteiger partial charge in [-0.3, -0.25) is 0 Å². The minimum atomic E-state index is -0.244. The molecule has 0 saturated heterocycles. The summed E-state index contributed by atoms with van der Waals surface area (Å²) in [6.45, 7) is 0. The van der Waals surface area contributed by atoms with Gasteiger partial charge in [0.1, 0.15) is 11.3 Å². The quantitative estimate of drug-likeness (QED) is 0.821. The van der Waals surface area contributed by atoms with Crippen LogP contribution in [0.2, 0.25) is 0 Å². The van der Waals surface area contributed by atoms with Crippen molar-refractivity contribution in [3.63, 3.8) is 0 Å². The highest BCUT2D eigenvalue weighted by Gasteiger charge is 2.27. The Kier molecular flexibility index (Phi) is 2.40. The fourth-order valence-electron chi connectivity index (χ4n) is 2.81. The topological polar surface area (TPSA) is 43.8 Å². The summed E-state index contributed by atoms with van der Waals surface area (Å²) in [5, 5.41) is 0. The lowest BCUT2D eigenvalue weighted by molar-refractivity contribution is 0.618. The number of hydrogen-bond donors (Lipinski definition) is 1. The molecule has 0 bridgehead atoms. The second-order valence-electron chi connectivity index (χ2n) is 4.91. The van der Waals surface area contributed by atoms with Crippen LogP contribution in [0.3, 0.4) is 0 Å². The van der Waals surface area contributed by atoms with Gasteiger partial charge in [-0.05, 0) is 31.4 Å². The molecule has 90 valence electrons. The van der Waals surface area contributed by atoms with Crippen molar-refractivity contribution >= 4 is 11.0 Å². The molecule has 2 N–H and O–H groups in total. The molecule has 2 unspecified atom stereocenters. The number of benzene rings is 1. The Bertz CT molecular complexity index is 561. The fourth-order valence-corrected chi connectivity index (χ4v) is 2.81. The Balaban J connectivity index is 2.11. The van der Waals surface area contributed by atoms with E-state index in [4.69, 9.17) is 5.73 Å². The van der Waals surface area contributed by atoms with E-state index < -0.39 is 0 Å². The van der Waals surface area contributed by atoms with Crippen molar-refractivity contribution in [1.29, 1.82) is 0 Å². The zero-order chi connectivity index (χ0) is 12.0. The van der Waals surface area contributed by atoms with Gasteiger partial charge in [0, 0.05) is 19.0 Å². The summed E-state index contributed by atoms with van der Waals surface area (Å²) in [5.41, 5.74) is 7.26. The Morgan fingerprint density at radius 1 is 1.41 bits per heavy atom. The van der Waals surface area contributed by atoms with Crippen molar-refractivity contribution < 1.29 is 4.39 Å². The lowest BCUT2D eigenvalue weighted by Crippen LogP contribution is -2.15. The number of fused-ring (bicyclic) bond motifs is 1. The number of hydrogen-bond acceptors (Lipinski definition) is 2. The van der Waals surface area contributed by atoms with Gasteiger partial charge in [0.2, 0.25) is 0 Å². The van der Waals surface area contributed by atoms with Crippen LogP contribution in [0.1, 0.15) is 31.0 Å². The van der Waals surface area contributed by atoms with Crippen LogP contribution < -0.4 is 5.73 Å². The summed E-state index contributed by atoms with van der Waals surface area (Å²) in [6, 6.07) is 5.36. The lowest BCUT2D eigenvalue weighted by Gasteiger charge is -2.09. The molecule has 0 radical (unpaired) electrons. The van der Waals surface area contributed by atoms with Crippen LogP contribution in [0.4, 0.5) is 4.39 Å². The van der Waals surface area contributed by atoms with E-state index in [9.17, 15) is 4.39 Å². The molecule has 0 amide bonds. The number of nitrogens with two attached hydrogens (primary N) is 1. The third kappa shape index (κ3) is 1.63. The molecule has 1 aromatic heterocycles. The third-order valence-corrected chi connectivity index (χ3v) is 3.74. The van der Waals surface area contributed by atoms with E-state index in [1.807, 2.05) is 17.7 Å². The van der Waals surface area contributed by atoms with Crippen LogP contribution >= 0.6 is 0 Å². The lowest BCUT2D eigenvalue weighted by atomic mass is 10.1. The summed E-state index contributed by atoms with van der Waals surface area (Å²) in [7, 11) is 1.95.